The minimum absolute atomic E-state index is 0.112. The van der Waals surface area contributed by atoms with E-state index in [4.69, 9.17) is 14.2 Å². The standard InChI is InChI=1S/C27H35N3O5/c1-20-27(32)30(24-8-3-4-9-25(24)35-20)13-10-26(31)28-19-21-6-5-7-23(18-21)34-17-14-29(2)22-11-15-33-16-12-22/h3-9,18,20,22H,10-17,19H2,1-2H3,(H,28,31). The summed E-state index contributed by atoms with van der Waals surface area (Å²) in [5.74, 6) is 1.21. The predicted molar refractivity (Wildman–Crippen MR) is 134 cm³/mol. The molecule has 2 aliphatic heterocycles. The van der Waals surface area contributed by atoms with Gasteiger partial charge in [0.1, 0.15) is 18.1 Å². The maximum absolute atomic E-state index is 12.6. The summed E-state index contributed by atoms with van der Waals surface area (Å²) >= 11 is 0. The molecule has 0 aromatic heterocycles. The Balaban J connectivity index is 1.21. The van der Waals surface area contributed by atoms with Gasteiger partial charge in [-0.2, -0.15) is 0 Å². The molecule has 1 atom stereocenters. The van der Waals surface area contributed by atoms with Gasteiger partial charge in [0.15, 0.2) is 6.10 Å². The van der Waals surface area contributed by atoms with E-state index in [1.807, 2.05) is 48.5 Å². The van der Waals surface area contributed by atoms with Gasteiger partial charge in [0.25, 0.3) is 5.91 Å². The minimum Gasteiger partial charge on any atom is -0.492 e. The maximum Gasteiger partial charge on any atom is 0.267 e. The van der Waals surface area contributed by atoms with Crippen molar-refractivity contribution in [2.75, 3.05) is 44.9 Å². The van der Waals surface area contributed by atoms with Gasteiger partial charge in [-0.25, -0.2) is 0 Å². The first-order chi connectivity index (χ1) is 17.0. The summed E-state index contributed by atoms with van der Waals surface area (Å²) in [6, 6.07) is 15.7. The van der Waals surface area contributed by atoms with Crippen LogP contribution in [0.15, 0.2) is 48.5 Å². The van der Waals surface area contributed by atoms with Crippen molar-refractivity contribution in [1.29, 1.82) is 0 Å². The highest BCUT2D eigenvalue weighted by atomic mass is 16.5. The van der Waals surface area contributed by atoms with Gasteiger partial charge < -0.3 is 24.4 Å². The second kappa shape index (κ2) is 12.0. The third-order valence-corrected chi connectivity index (χ3v) is 6.55. The summed E-state index contributed by atoms with van der Waals surface area (Å²) in [6.07, 6.45) is 1.78. The van der Waals surface area contributed by atoms with Crippen LogP contribution in [0.1, 0.15) is 31.7 Å². The van der Waals surface area contributed by atoms with E-state index in [2.05, 4.69) is 17.3 Å². The Morgan fingerprint density at radius 3 is 2.80 bits per heavy atom. The molecule has 188 valence electrons. The van der Waals surface area contributed by atoms with Crippen LogP contribution >= 0.6 is 0 Å². The van der Waals surface area contributed by atoms with Crippen molar-refractivity contribution in [2.24, 2.45) is 0 Å². The number of hydrogen-bond acceptors (Lipinski definition) is 6. The van der Waals surface area contributed by atoms with Crippen LogP contribution in [0.4, 0.5) is 5.69 Å². The normalized spacial score (nSPS) is 18.2. The molecule has 1 fully saturated rings. The number of nitrogens with zero attached hydrogens (tertiary/aromatic N) is 2. The van der Waals surface area contributed by atoms with Gasteiger partial charge in [0, 0.05) is 45.3 Å². The Morgan fingerprint density at radius 2 is 1.97 bits per heavy atom. The van der Waals surface area contributed by atoms with Crippen LogP contribution in [0.25, 0.3) is 0 Å². The van der Waals surface area contributed by atoms with Crippen LogP contribution in [0.2, 0.25) is 0 Å². The monoisotopic (exact) mass is 481 g/mol. The molecular weight excluding hydrogens is 446 g/mol. The number of nitrogens with one attached hydrogen (secondary N) is 1. The van der Waals surface area contributed by atoms with Gasteiger partial charge >= 0.3 is 0 Å². The molecule has 0 radical (unpaired) electrons. The second-order valence-electron chi connectivity index (χ2n) is 9.06. The fourth-order valence-electron chi connectivity index (χ4n) is 4.45. The van der Waals surface area contributed by atoms with Crippen LogP contribution < -0.4 is 19.7 Å². The van der Waals surface area contributed by atoms with Crippen molar-refractivity contribution in [1.82, 2.24) is 10.2 Å². The number of anilines is 1. The van der Waals surface area contributed by atoms with Gasteiger partial charge in [-0.15, -0.1) is 0 Å². The van der Waals surface area contributed by atoms with E-state index in [9.17, 15) is 9.59 Å². The average Bonchev–Trinajstić information content (AvgIpc) is 2.88. The Bertz CT molecular complexity index is 1010. The first-order valence-electron chi connectivity index (χ1n) is 12.3. The van der Waals surface area contributed by atoms with Crippen LogP contribution in [0, 0.1) is 0 Å². The van der Waals surface area contributed by atoms with Gasteiger partial charge in [0.05, 0.1) is 5.69 Å². The minimum atomic E-state index is -0.563. The first kappa shape index (κ1) is 25.0. The molecule has 2 aromatic rings. The van der Waals surface area contributed by atoms with Gasteiger partial charge in [-0.05, 0) is 56.6 Å². The molecule has 0 bridgehead atoms. The lowest BCUT2D eigenvalue weighted by atomic mass is 10.1. The predicted octanol–water partition coefficient (Wildman–Crippen LogP) is 3.00. The molecule has 35 heavy (non-hydrogen) atoms. The van der Waals surface area contributed by atoms with E-state index in [0.717, 1.165) is 43.9 Å². The molecule has 0 saturated carbocycles. The van der Waals surface area contributed by atoms with Crippen LogP contribution in [-0.4, -0.2) is 68.8 Å². The van der Waals surface area contributed by atoms with E-state index < -0.39 is 6.10 Å². The summed E-state index contributed by atoms with van der Waals surface area (Å²) in [5.41, 5.74) is 1.67. The number of fused-ring (bicyclic) bond motifs is 1. The highest BCUT2D eigenvalue weighted by Gasteiger charge is 2.31. The summed E-state index contributed by atoms with van der Waals surface area (Å²) in [4.78, 5) is 29.1. The fraction of sp³-hybridized carbons (Fsp3) is 0.481. The lowest BCUT2D eigenvalue weighted by Crippen LogP contribution is -2.45. The molecule has 0 aliphatic carbocycles. The lowest BCUT2D eigenvalue weighted by molar-refractivity contribution is -0.125. The SMILES string of the molecule is CC1Oc2ccccc2N(CCC(=O)NCc2cccc(OCCN(C)C3CCOCC3)c2)C1=O. The first-order valence-corrected chi connectivity index (χ1v) is 12.3. The molecular formula is C27H35N3O5. The zero-order valence-corrected chi connectivity index (χ0v) is 20.6. The fourth-order valence-corrected chi connectivity index (χ4v) is 4.45. The van der Waals surface area contributed by atoms with E-state index in [0.29, 0.717) is 37.2 Å². The molecule has 8 nitrogen and oxygen atoms in total. The van der Waals surface area contributed by atoms with E-state index in [-0.39, 0.29) is 18.2 Å². The van der Waals surface area contributed by atoms with Gasteiger partial charge in [-0.1, -0.05) is 24.3 Å². The zero-order valence-electron chi connectivity index (χ0n) is 20.6. The molecule has 4 rings (SSSR count). The molecule has 8 heteroatoms. The van der Waals surface area contributed by atoms with Gasteiger partial charge in [0.2, 0.25) is 5.91 Å². The second-order valence-corrected chi connectivity index (χ2v) is 9.06. The highest BCUT2D eigenvalue weighted by Crippen LogP contribution is 2.33. The number of likely N-dealkylation sites (N-methyl/N-ethyl adjacent to an activating group) is 1. The molecule has 1 saturated heterocycles. The van der Waals surface area contributed by atoms with Crippen LogP contribution in [0.5, 0.6) is 11.5 Å². The third-order valence-electron chi connectivity index (χ3n) is 6.55. The van der Waals surface area contributed by atoms with E-state index >= 15 is 0 Å². The Morgan fingerprint density at radius 1 is 1.17 bits per heavy atom. The zero-order chi connectivity index (χ0) is 24.6. The largest absolute Gasteiger partial charge is 0.492 e. The smallest absolute Gasteiger partial charge is 0.267 e. The molecule has 1 N–H and O–H groups in total. The van der Waals surface area contributed by atoms with E-state index in [1.54, 1.807) is 11.8 Å². The van der Waals surface area contributed by atoms with Crippen molar-refractivity contribution < 1.29 is 23.8 Å². The third kappa shape index (κ3) is 6.74. The van der Waals surface area contributed by atoms with Crippen LogP contribution in [-0.2, 0) is 20.9 Å². The molecule has 1 unspecified atom stereocenters. The van der Waals surface area contributed by atoms with Crippen LogP contribution in [0.3, 0.4) is 0 Å². The molecule has 2 aromatic carbocycles. The summed E-state index contributed by atoms with van der Waals surface area (Å²) in [6.45, 7) is 5.56. The topological polar surface area (TPSA) is 80.3 Å². The Hall–Kier alpha value is -3.10. The van der Waals surface area contributed by atoms with Crippen molar-refractivity contribution in [3.63, 3.8) is 0 Å². The quantitative estimate of drug-likeness (QED) is 0.562. The molecule has 2 amide bonds. The van der Waals surface area contributed by atoms with E-state index in [1.165, 1.54) is 0 Å². The van der Waals surface area contributed by atoms with Crippen molar-refractivity contribution in [2.45, 2.75) is 44.9 Å². The highest BCUT2D eigenvalue weighted by molar-refractivity contribution is 6.00. The average molecular weight is 482 g/mol. The number of amides is 2. The Labute approximate surface area is 207 Å². The van der Waals surface area contributed by atoms with Crippen molar-refractivity contribution in [3.8, 4) is 11.5 Å². The van der Waals surface area contributed by atoms with Crippen molar-refractivity contribution >= 4 is 17.5 Å². The molecule has 2 aliphatic rings. The number of para-hydroxylation sites is 2. The number of carbonyl (C=O) groups excluding carboxylic acids is 2. The number of ether oxygens (including phenoxy) is 3. The maximum atomic E-state index is 12.6. The molecule has 0 spiro atoms. The Kier molecular flexibility index (Phi) is 8.60. The summed E-state index contributed by atoms with van der Waals surface area (Å²) in [5, 5.41) is 2.95. The summed E-state index contributed by atoms with van der Waals surface area (Å²) < 4.78 is 17.0. The van der Waals surface area contributed by atoms with Crippen molar-refractivity contribution in [3.05, 3.63) is 54.1 Å². The summed E-state index contributed by atoms with van der Waals surface area (Å²) in [7, 11) is 2.13. The van der Waals surface area contributed by atoms with Gasteiger partial charge in [-0.3, -0.25) is 14.5 Å². The number of rotatable bonds is 10. The number of hydrogen-bond donors (Lipinski definition) is 1. The molecule has 2 heterocycles. The number of carbonyl (C=O) groups is 2. The number of benzene rings is 2. The lowest BCUT2D eigenvalue weighted by Gasteiger charge is -2.32.